The number of hydrogen-bond acceptors (Lipinski definition) is 5. The molecule has 1 atom stereocenters. The molecule has 1 saturated carbocycles. The van der Waals surface area contributed by atoms with Crippen LogP contribution in [0.3, 0.4) is 0 Å². The summed E-state index contributed by atoms with van der Waals surface area (Å²) in [6.45, 7) is 0. The summed E-state index contributed by atoms with van der Waals surface area (Å²) >= 11 is 0. The van der Waals surface area contributed by atoms with E-state index in [4.69, 9.17) is 0 Å². The molecular weight excluding hydrogens is 294 g/mol. The van der Waals surface area contributed by atoms with Gasteiger partial charge < -0.3 is 15.0 Å². The normalized spacial score (nSPS) is 21.5. The van der Waals surface area contributed by atoms with Gasteiger partial charge in [0, 0.05) is 26.1 Å². The molecule has 0 bridgehead atoms. The fourth-order valence-electron chi connectivity index (χ4n) is 2.90. The first-order chi connectivity index (χ1) is 11.1. The molecule has 122 valence electrons. The lowest BCUT2D eigenvalue weighted by atomic mass is 9.76. The van der Waals surface area contributed by atoms with E-state index >= 15 is 0 Å². The zero-order valence-corrected chi connectivity index (χ0v) is 13.1. The maximum Gasteiger partial charge on any atom is 0.220 e. The van der Waals surface area contributed by atoms with Gasteiger partial charge in [-0.1, -0.05) is 6.07 Å². The van der Waals surface area contributed by atoms with Gasteiger partial charge in [0.05, 0.1) is 17.8 Å². The molecule has 1 aliphatic carbocycles. The van der Waals surface area contributed by atoms with E-state index in [1.165, 1.54) is 0 Å². The Morgan fingerprint density at radius 2 is 2.30 bits per heavy atom. The summed E-state index contributed by atoms with van der Waals surface area (Å²) in [7, 11) is 1.86. The van der Waals surface area contributed by atoms with E-state index < -0.39 is 0 Å². The molecule has 1 fully saturated rings. The lowest BCUT2D eigenvalue weighted by Gasteiger charge is -2.37. The minimum absolute atomic E-state index is 0.0370. The first-order valence-corrected chi connectivity index (χ1v) is 7.84. The van der Waals surface area contributed by atoms with E-state index in [1.54, 1.807) is 12.5 Å². The maximum atomic E-state index is 12.3. The molecule has 0 unspecified atom stereocenters. The van der Waals surface area contributed by atoms with Crippen molar-refractivity contribution in [2.75, 3.05) is 0 Å². The number of hydrogen-bond donors (Lipinski definition) is 2. The van der Waals surface area contributed by atoms with Crippen LogP contribution in [0.25, 0.3) is 0 Å². The molecule has 0 radical (unpaired) electrons. The van der Waals surface area contributed by atoms with E-state index in [0.717, 1.165) is 11.5 Å². The Kier molecular flexibility index (Phi) is 4.66. The number of nitrogens with zero attached hydrogens (tertiary/aromatic N) is 4. The van der Waals surface area contributed by atoms with E-state index in [0.29, 0.717) is 25.7 Å². The molecule has 7 heteroatoms. The Balaban J connectivity index is 1.61. The van der Waals surface area contributed by atoms with Crippen LogP contribution >= 0.6 is 0 Å². The van der Waals surface area contributed by atoms with Gasteiger partial charge in [-0.15, -0.1) is 10.2 Å². The van der Waals surface area contributed by atoms with Crippen molar-refractivity contribution in [3.8, 4) is 0 Å². The van der Waals surface area contributed by atoms with Crippen LogP contribution in [0.15, 0.2) is 30.7 Å². The Bertz CT molecular complexity index is 652. The number of aryl methyl sites for hydroxylation is 2. The van der Waals surface area contributed by atoms with Gasteiger partial charge in [0.25, 0.3) is 0 Å². The second-order valence-corrected chi connectivity index (χ2v) is 6.04. The van der Waals surface area contributed by atoms with Crippen molar-refractivity contribution >= 4 is 5.91 Å². The standard InChI is InChI=1S/C16H21N5O2/c1-21-10-18-20-14(21)5-6-15(23)19-16(11-8-12(22)9-11)13-4-2-3-7-17-13/h2-4,7,10-12,16,22H,5-6,8-9H2,1H3,(H,19,23)/t11?,12?,16-/m1/s1. The van der Waals surface area contributed by atoms with Crippen LogP contribution in [0, 0.1) is 5.92 Å². The summed E-state index contributed by atoms with van der Waals surface area (Å²) in [4.78, 5) is 16.7. The lowest BCUT2D eigenvalue weighted by molar-refractivity contribution is -0.123. The lowest BCUT2D eigenvalue weighted by Crippen LogP contribution is -2.41. The topological polar surface area (TPSA) is 92.9 Å². The van der Waals surface area contributed by atoms with Crippen LogP contribution in [0.1, 0.15) is 36.8 Å². The van der Waals surface area contributed by atoms with Crippen molar-refractivity contribution in [1.82, 2.24) is 25.1 Å². The number of pyridine rings is 1. The molecule has 23 heavy (non-hydrogen) atoms. The second-order valence-electron chi connectivity index (χ2n) is 6.04. The highest BCUT2D eigenvalue weighted by Crippen LogP contribution is 2.37. The quantitative estimate of drug-likeness (QED) is 0.821. The van der Waals surface area contributed by atoms with Gasteiger partial charge in [0.1, 0.15) is 12.2 Å². The molecule has 2 heterocycles. The minimum Gasteiger partial charge on any atom is -0.393 e. The Morgan fingerprint density at radius 3 is 2.91 bits per heavy atom. The number of carbonyl (C=O) groups excluding carboxylic acids is 1. The zero-order valence-electron chi connectivity index (χ0n) is 13.1. The number of aromatic nitrogens is 4. The number of aliphatic hydroxyl groups excluding tert-OH is 1. The first-order valence-electron chi connectivity index (χ1n) is 7.84. The smallest absolute Gasteiger partial charge is 0.220 e. The minimum atomic E-state index is -0.262. The highest BCUT2D eigenvalue weighted by atomic mass is 16.3. The Morgan fingerprint density at radius 1 is 1.48 bits per heavy atom. The summed E-state index contributed by atoms with van der Waals surface area (Å²) < 4.78 is 1.81. The van der Waals surface area contributed by atoms with Gasteiger partial charge in [0.15, 0.2) is 0 Å². The second kappa shape index (κ2) is 6.87. The summed E-state index contributed by atoms with van der Waals surface area (Å²) in [5.74, 6) is 0.984. The van der Waals surface area contributed by atoms with Gasteiger partial charge in [-0.05, 0) is 30.9 Å². The number of carbonyl (C=O) groups is 1. The zero-order chi connectivity index (χ0) is 16.2. The first kappa shape index (κ1) is 15.6. The number of aliphatic hydroxyl groups is 1. The van der Waals surface area contributed by atoms with Crippen molar-refractivity contribution < 1.29 is 9.90 Å². The molecule has 2 aromatic rings. The molecule has 7 nitrogen and oxygen atoms in total. The van der Waals surface area contributed by atoms with Crippen LogP contribution < -0.4 is 5.32 Å². The monoisotopic (exact) mass is 315 g/mol. The van der Waals surface area contributed by atoms with Crippen molar-refractivity contribution in [3.05, 3.63) is 42.2 Å². The molecule has 1 aliphatic rings. The van der Waals surface area contributed by atoms with Crippen LogP contribution in [0.2, 0.25) is 0 Å². The fraction of sp³-hybridized carbons (Fsp3) is 0.500. The summed E-state index contributed by atoms with van der Waals surface area (Å²) in [5.41, 5.74) is 0.844. The average molecular weight is 315 g/mol. The van der Waals surface area contributed by atoms with Gasteiger partial charge >= 0.3 is 0 Å². The molecule has 2 aromatic heterocycles. The van der Waals surface area contributed by atoms with E-state index in [9.17, 15) is 9.90 Å². The van der Waals surface area contributed by atoms with Crippen molar-refractivity contribution in [3.63, 3.8) is 0 Å². The number of amides is 1. The molecule has 0 saturated heterocycles. The number of nitrogens with one attached hydrogen (secondary N) is 1. The number of rotatable bonds is 6. The molecule has 0 spiro atoms. The third-order valence-electron chi connectivity index (χ3n) is 4.32. The van der Waals surface area contributed by atoms with Crippen LogP contribution in [0.5, 0.6) is 0 Å². The van der Waals surface area contributed by atoms with Crippen molar-refractivity contribution in [2.45, 2.75) is 37.8 Å². The largest absolute Gasteiger partial charge is 0.393 e. The van der Waals surface area contributed by atoms with E-state index in [1.807, 2.05) is 29.8 Å². The molecule has 1 amide bonds. The third kappa shape index (κ3) is 3.73. The van der Waals surface area contributed by atoms with Crippen molar-refractivity contribution in [1.29, 1.82) is 0 Å². The van der Waals surface area contributed by atoms with Crippen molar-refractivity contribution in [2.24, 2.45) is 13.0 Å². The highest BCUT2D eigenvalue weighted by Gasteiger charge is 2.36. The third-order valence-corrected chi connectivity index (χ3v) is 4.32. The molecule has 0 aliphatic heterocycles. The van der Waals surface area contributed by atoms with E-state index in [2.05, 4.69) is 20.5 Å². The molecule has 2 N–H and O–H groups in total. The fourth-order valence-corrected chi connectivity index (χ4v) is 2.90. The maximum absolute atomic E-state index is 12.3. The predicted octanol–water partition coefficient (Wildman–Crippen LogP) is 0.771. The predicted molar refractivity (Wildman–Crippen MR) is 83.2 cm³/mol. The van der Waals surface area contributed by atoms with Gasteiger partial charge in [-0.25, -0.2) is 0 Å². The Labute approximate surface area is 134 Å². The molecule has 0 aromatic carbocycles. The van der Waals surface area contributed by atoms with E-state index in [-0.39, 0.29) is 24.0 Å². The van der Waals surface area contributed by atoms with Crippen LogP contribution in [-0.2, 0) is 18.3 Å². The van der Waals surface area contributed by atoms with Gasteiger partial charge in [-0.2, -0.15) is 0 Å². The Hall–Kier alpha value is -2.28. The van der Waals surface area contributed by atoms with Crippen LogP contribution in [-0.4, -0.2) is 36.9 Å². The summed E-state index contributed by atoms with van der Waals surface area (Å²) in [6, 6.07) is 5.53. The average Bonchev–Trinajstić information content (AvgIpc) is 2.94. The SMILES string of the molecule is Cn1cnnc1CCC(=O)N[C@@H](c1ccccn1)C1CC(O)C1. The van der Waals surface area contributed by atoms with Gasteiger partial charge in [-0.3, -0.25) is 9.78 Å². The van der Waals surface area contributed by atoms with Gasteiger partial charge in [0.2, 0.25) is 5.91 Å². The summed E-state index contributed by atoms with van der Waals surface area (Å²) in [5, 5.41) is 20.4. The molecular formula is C16H21N5O2. The summed E-state index contributed by atoms with van der Waals surface area (Å²) in [6.07, 6.45) is 5.38. The highest BCUT2D eigenvalue weighted by molar-refractivity contribution is 5.76. The van der Waals surface area contributed by atoms with Crippen LogP contribution in [0.4, 0.5) is 0 Å². The molecule has 3 rings (SSSR count).